The van der Waals surface area contributed by atoms with Gasteiger partial charge in [0.2, 0.25) is 0 Å². The Morgan fingerprint density at radius 1 is 1.14 bits per heavy atom. The van der Waals surface area contributed by atoms with Crippen LogP contribution in [-0.4, -0.2) is 48.6 Å². The zero-order valence-corrected chi connectivity index (χ0v) is 29.5. The molecule has 37 heavy (non-hydrogen) atoms. The van der Waals surface area contributed by atoms with E-state index in [9.17, 15) is 9.32 Å². The molecule has 6 atom stereocenters. The first-order valence-corrected chi connectivity index (χ1v) is 22.2. The first-order chi connectivity index (χ1) is 16.7. The third kappa shape index (κ3) is 6.69. The van der Waals surface area contributed by atoms with Crippen molar-refractivity contribution in [1.29, 1.82) is 0 Å². The maximum atomic E-state index is 14.5. The summed E-state index contributed by atoms with van der Waals surface area (Å²) in [6, 6.07) is 3.57. The van der Waals surface area contributed by atoms with Crippen molar-refractivity contribution < 1.29 is 13.7 Å². The van der Waals surface area contributed by atoms with Crippen molar-refractivity contribution in [2.24, 2.45) is 21.3 Å². The number of allylic oxidation sites excluding steroid dienone is 1. The number of hydrogen-bond donors (Lipinski definition) is 1. The number of aliphatic hydroxyl groups excluding tert-OH is 1. The van der Waals surface area contributed by atoms with Crippen LogP contribution in [0.1, 0.15) is 102 Å². The molecule has 0 radical (unpaired) electrons. The highest BCUT2D eigenvalue weighted by atomic mass is 32.2. The molecule has 1 fully saturated rings. The van der Waals surface area contributed by atoms with Crippen LogP contribution in [0.25, 0.3) is 0 Å². The highest BCUT2D eigenvalue weighted by Crippen LogP contribution is 2.56. The summed E-state index contributed by atoms with van der Waals surface area (Å²) in [6.45, 7) is 28.7. The van der Waals surface area contributed by atoms with Gasteiger partial charge in [0.15, 0.2) is 16.6 Å². The monoisotopic (exact) mass is 571 g/mol. The molecule has 0 aromatic heterocycles. The molecular weight excluding hydrogens is 511 g/mol. The van der Waals surface area contributed by atoms with E-state index in [1.54, 1.807) is 0 Å². The Bertz CT molecular complexity index is 927. The number of fused-ring (bicyclic) bond motifs is 1. The van der Waals surface area contributed by atoms with E-state index in [0.717, 1.165) is 19.3 Å². The fourth-order valence-electron chi connectivity index (χ4n) is 6.41. The van der Waals surface area contributed by atoms with Gasteiger partial charge in [-0.3, -0.25) is 4.03 Å². The number of aliphatic hydroxyl groups is 1. The molecule has 0 bridgehead atoms. The number of rotatable bonds is 10. The third-order valence-corrected chi connectivity index (χ3v) is 24.7. The van der Waals surface area contributed by atoms with Gasteiger partial charge in [0, 0.05) is 26.5 Å². The van der Waals surface area contributed by atoms with Crippen molar-refractivity contribution in [3.8, 4) is 0 Å². The quantitative estimate of drug-likeness (QED) is 0.210. The summed E-state index contributed by atoms with van der Waals surface area (Å²) in [4.78, 5) is 0. The SMILES string of the molecule is CC[Si](CC)(CC)O[C@H]1CCC[C@]2(C)C([C@H](C)C(O)C[S@@](=O)(=N[Si](C)(C)C(C)(C)C)C(C)(C)C)=CC[C@@H]12. The molecule has 1 N–H and O–H groups in total. The minimum atomic E-state index is -2.62. The van der Waals surface area contributed by atoms with Gasteiger partial charge in [-0.05, 0) is 87.6 Å². The second-order valence-corrected chi connectivity index (χ2v) is 27.8. The average molecular weight is 572 g/mol. The maximum Gasteiger partial charge on any atom is 0.192 e. The smallest absolute Gasteiger partial charge is 0.192 e. The molecule has 0 amide bonds. The van der Waals surface area contributed by atoms with E-state index in [1.165, 1.54) is 30.1 Å². The van der Waals surface area contributed by atoms with Crippen molar-refractivity contribution in [3.05, 3.63) is 11.6 Å². The summed E-state index contributed by atoms with van der Waals surface area (Å²) >= 11 is 0. The van der Waals surface area contributed by atoms with E-state index < -0.39 is 37.1 Å². The molecule has 0 aliphatic heterocycles. The van der Waals surface area contributed by atoms with Gasteiger partial charge in [-0.1, -0.05) is 73.5 Å². The van der Waals surface area contributed by atoms with Gasteiger partial charge in [0.1, 0.15) is 0 Å². The Hall–Kier alpha value is 0.0438. The van der Waals surface area contributed by atoms with Gasteiger partial charge < -0.3 is 9.53 Å². The van der Waals surface area contributed by atoms with E-state index in [-0.39, 0.29) is 22.1 Å². The van der Waals surface area contributed by atoms with Crippen molar-refractivity contribution in [3.63, 3.8) is 0 Å². The van der Waals surface area contributed by atoms with Gasteiger partial charge in [0.25, 0.3) is 0 Å². The van der Waals surface area contributed by atoms with Crippen molar-refractivity contribution in [2.45, 2.75) is 155 Å². The zero-order chi connectivity index (χ0) is 28.7. The third-order valence-electron chi connectivity index (χ3n) is 10.7. The van der Waals surface area contributed by atoms with Crippen molar-refractivity contribution in [2.75, 3.05) is 5.75 Å². The van der Waals surface area contributed by atoms with Crippen molar-refractivity contribution in [1.82, 2.24) is 0 Å². The Kier molecular flexibility index (Phi) is 10.3. The Morgan fingerprint density at radius 3 is 2.14 bits per heavy atom. The lowest BCUT2D eigenvalue weighted by atomic mass is 9.63. The minimum Gasteiger partial charge on any atom is -0.414 e. The topological polar surface area (TPSA) is 58.9 Å². The van der Waals surface area contributed by atoms with Crippen LogP contribution < -0.4 is 0 Å². The van der Waals surface area contributed by atoms with E-state index in [0.29, 0.717) is 12.0 Å². The maximum absolute atomic E-state index is 14.5. The van der Waals surface area contributed by atoms with Crippen LogP contribution in [0.2, 0.25) is 36.3 Å². The normalized spacial score (nSPS) is 28.8. The summed E-state index contributed by atoms with van der Waals surface area (Å²) in [5.74, 6) is 0.711. The van der Waals surface area contributed by atoms with Crippen LogP contribution in [0.3, 0.4) is 0 Å². The Labute approximate surface area is 233 Å². The van der Waals surface area contributed by atoms with Gasteiger partial charge in [-0.15, -0.1) is 0 Å². The van der Waals surface area contributed by atoms with Gasteiger partial charge in [-0.2, -0.15) is 0 Å². The molecular formula is C30H61NO3SSi2. The van der Waals surface area contributed by atoms with E-state index in [1.807, 2.05) is 20.8 Å². The van der Waals surface area contributed by atoms with Gasteiger partial charge in [-0.25, -0.2) is 4.21 Å². The first kappa shape index (κ1) is 33.3. The number of nitrogens with zero attached hydrogens (tertiary/aromatic N) is 1. The van der Waals surface area contributed by atoms with Crippen LogP contribution in [0.4, 0.5) is 0 Å². The highest BCUT2D eigenvalue weighted by Gasteiger charge is 2.51. The molecule has 0 aromatic carbocycles. The highest BCUT2D eigenvalue weighted by molar-refractivity contribution is 7.95. The summed E-state index contributed by atoms with van der Waals surface area (Å²) in [5.41, 5.74) is 1.43. The van der Waals surface area contributed by atoms with E-state index >= 15 is 0 Å². The molecule has 0 heterocycles. The summed E-state index contributed by atoms with van der Waals surface area (Å²) in [7, 11) is -6.46. The predicted molar refractivity (Wildman–Crippen MR) is 168 cm³/mol. The van der Waals surface area contributed by atoms with Crippen LogP contribution in [0, 0.1) is 17.3 Å². The molecule has 4 nitrogen and oxygen atoms in total. The lowest BCUT2D eigenvalue weighted by Crippen LogP contribution is -2.48. The molecule has 0 saturated heterocycles. The van der Waals surface area contributed by atoms with Gasteiger partial charge >= 0.3 is 0 Å². The van der Waals surface area contributed by atoms with Crippen LogP contribution >= 0.6 is 0 Å². The fourth-order valence-corrected chi connectivity index (χ4v) is 16.0. The standard InChI is InChI=1S/C30H61NO3SSi2/c1-14-37(15-2,16-3)34-27-18-17-21-30(11)24(19-20-25(27)30)23(4)26(32)22-35(33,28(5,6)7)31-36(12,13)29(8,9)10/h19,23,25-27,32H,14-18,20-22H2,1-13H3/t23-,25-,26?,27-,30+,35-/m0/s1. The average Bonchev–Trinajstić information content (AvgIpc) is 3.12. The second kappa shape index (κ2) is 11.5. The zero-order valence-electron chi connectivity index (χ0n) is 26.7. The second-order valence-electron chi connectivity index (χ2n) is 14.9. The van der Waals surface area contributed by atoms with E-state index in [4.69, 9.17) is 8.45 Å². The molecule has 2 aliphatic rings. The number of hydrogen-bond acceptors (Lipinski definition) is 4. The molecule has 2 aliphatic carbocycles. The van der Waals surface area contributed by atoms with Crippen LogP contribution in [0.15, 0.2) is 15.7 Å². The molecule has 218 valence electrons. The summed E-state index contributed by atoms with van der Waals surface area (Å²) < 4.78 is 26.3. The summed E-state index contributed by atoms with van der Waals surface area (Å²) in [5, 5.41) is 11.7. The molecule has 0 spiro atoms. The van der Waals surface area contributed by atoms with Crippen LogP contribution in [-0.2, 0) is 14.2 Å². The Balaban J connectivity index is 2.34. The molecule has 7 heteroatoms. The van der Waals surface area contributed by atoms with E-state index in [2.05, 4.69) is 74.6 Å². The molecule has 1 saturated carbocycles. The Morgan fingerprint density at radius 2 is 1.68 bits per heavy atom. The van der Waals surface area contributed by atoms with Crippen LogP contribution in [0.5, 0.6) is 0 Å². The largest absolute Gasteiger partial charge is 0.414 e. The van der Waals surface area contributed by atoms with Crippen molar-refractivity contribution >= 4 is 26.3 Å². The first-order valence-electron chi connectivity index (χ1n) is 15.0. The fraction of sp³-hybridized carbons (Fsp3) is 0.933. The minimum absolute atomic E-state index is 0.0112. The molecule has 0 aromatic rings. The lowest BCUT2D eigenvalue weighted by Gasteiger charge is -2.48. The molecule has 2 rings (SSSR count). The predicted octanol–water partition coefficient (Wildman–Crippen LogP) is 8.78. The lowest BCUT2D eigenvalue weighted by molar-refractivity contribution is 0.0129. The molecule has 1 unspecified atom stereocenters. The summed E-state index contributed by atoms with van der Waals surface area (Å²) in [6.07, 6.45) is 6.61. The van der Waals surface area contributed by atoms with Gasteiger partial charge in [0.05, 0.1) is 11.9 Å².